The second kappa shape index (κ2) is 7.22. The van der Waals surface area contributed by atoms with E-state index in [0.29, 0.717) is 6.61 Å². The molecule has 0 aliphatic carbocycles. The Morgan fingerprint density at radius 2 is 1.69 bits per heavy atom. The van der Waals surface area contributed by atoms with Crippen LogP contribution in [0.15, 0.2) is 24.3 Å². The second-order valence-corrected chi connectivity index (χ2v) is 2.50. The SMILES string of the molecule is COCc1ccc(C)cc1.O=C=O. The fraction of sp³-hybridized carbons (Fsp3) is 0.300. The van der Waals surface area contributed by atoms with Crippen LogP contribution in [0.25, 0.3) is 0 Å². The van der Waals surface area contributed by atoms with E-state index in [2.05, 4.69) is 31.2 Å². The normalized spacial score (nSPS) is 8.15. The monoisotopic (exact) mass is 180 g/mol. The van der Waals surface area contributed by atoms with Gasteiger partial charge in [-0.3, -0.25) is 0 Å². The topological polar surface area (TPSA) is 43.4 Å². The Hall–Kier alpha value is -1.44. The molecule has 0 bridgehead atoms. The van der Waals surface area contributed by atoms with E-state index in [0.717, 1.165) is 0 Å². The van der Waals surface area contributed by atoms with Gasteiger partial charge in [0.25, 0.3) is 0 Å². The third kappa shape index (κ3) is 5.79. The standard InChI is InChI=1S/C9H12O.CO2/c1-8-3-5-9(6-4-8)7-10-2;2-1-3/h3-6H,7H2,1-2H3;. The molecule has 0 aliphatic rings. The molecule has 13 heavy (non-hydrogen) atoms. The highest BCUT2D eigenvalue weighted by molar-refractivity contribution is 5.20. The number of ether oxygens (including phenoxy) is 1. The Labute approximate surface area is 77.3 Å². The number of carbonyl (C=O) groups excluding carboxylic acids is 2. The molecule has 0 radical (unpaired) electrons. The van der Waals surface area contributed by atoms with E-state index in [-0.39, 0.29) is 6.15 Å². The Bertz CT molecular complexity index is 258. The van der Waals surface area contributed by atoms with Crippen LogP contribution in [0, 0.1) is 6.92 Å². The first-order valence-corrected chi connectivity index (χ1v) is 3.78. The average molecular weight is 180 g/mol. The molecule has 3 nitrogen and oxygen atoms in total. The van der Waals surface area contributed by atoms with Crippen molar-refractivity contribution in [3.63, 3.8) is 0 Å². The van der Waals surface area contributed by atoms with Crippen molar-refractivity contribution in [2.24, 2.45) is 0 Å². The zero-order valence-corrected chi connectivity index (χ0v) is 7.74. The number of hydrogen-bond acceptors (Lipinski definition) is 3. The van der Waals surface area contributed by atoms with Gasteiger partial charge in [-0.05, 0) is 12.5 Å². The maximum absolute atomic E-state index is 8.12. The minimum Gasteiger partial charge on any atom is -0.380 e. The lowest BCUT2D eigenvalue weighted by molar-refractivity contribution is -0.191. The smallest absolute Gasteiger partial charge is 0.373 e. The summed E-state index contributed by atoms with van der Waals surface area (Å²) in [4.78, 5) is 16.2. The molecule has 0 amide bonds. The quantitative estimate of drug-likeness (QED) is 0.693. The summed E-state index contributed by atoms with van der Waals surface area (Å²) in [6.07, 6.45) is 0.250. The summed E-state index contributed by atoms with van der Waals surface area (Å²) < 4.78 is 4.97. The molecular weight excluding hydrogens is 168 g/mol. The zero-order valence-electron chi connectivity index (χ0n) is 7.74. The summed E-state index contributed by atoms with van der Waals surface area (Å²) in [7, 11) is 1.71. The lowest BCUT2D eigenvalue weighted by Crippen LogP contribution is -1.85. The van der Waals surface area contributed by atoms with E-state index in [4.69, 9.17) is 14.3 Å². The Balaban J connectivity index is 0.000000424. The first-order valence-electron chi connectivity index (χ1n) is 3.78. The molecule has 1 rings (SSSR count). The van der Waals surface area contributed by atoms with Crippen molar-refractivity contribution >= 4 is 6.15 Å². The molecule has 3 heteroatoms. The van der Waals surface area contributed by atoms with Crippen molar-refractivity contribution < 1.29 is 14.3 Å². The molecule has 0 unspecified atom stereocenters. The van der Waals surface area contributed by atoms with Gasteiger partial charge in [0.1, 0.15) is 0 Å². The van der Waals surface area contributed by atoms with Crippen molar-refractivity contribution in [3.05, 3.63) is 35.4 Å². The third-order valence-corrected chi connectivity index (χ3v) is 1.43. The van der Waals surface area contributed by atoms with Crippen molar-refractivity contribution in [2.75, 3.05) is 7.11 Å². The summed E-state index contributed by atoms with van der Waals surface area (Å²) in [6.45, 7) is 2.79. The van der Waals surface area contributed by atoms with Gasteiger partial charge in [-0.1, -0.05) is 29.8 Å². The first-order chi connectivity index (χ1) is 6.24. The van der Waals surface area contributed by atoms with Gasteiger partial charge in [0.15, 0.2) is 0 Å². The second-order valence-electron chi connectivity index (χ2n) is 2.50. The number of benzene rings is 1. The summed E-state index contributed by atoms with van der Waals surface area (Å²) in [5, 5.41) is 0. The van der Waals surface area contributed by atoms with E-state index in [1.807, 2.05) is 0 Å². The van der Waals surface area contributed by atoms with Crippen LogP contribution in [0.2, 0.25) is 0 Å². The molecular formula is C10H12O3. The molecule has 0 heterocycles. The molecule has 0 aromatic heterocycles. The lowest BCUT2D eigenvalue weighted by Gasteiger charge is -1.98. The first kappa shape index (κ1) is 11.6. The molecule has 1 aromatic rings. The minimum absolute atomic E-state index is 0.250. The van der Waals surface area contributed by atoms with Gasteiger partial charge in [0.2, 0.25) is 0 Å². The van der Waals surface area contributed by atoms with Crippen LogP contribution >= 0.6 is 0 Å². The molecule has 0 saturated carbocycles. The van der Waals surface area contributed by atoms with Gasteiger partial charge in [0, 0.05) is 7.11 Å². The van der Waals surface area contributed by atoms with Gasteiger partial charge in [0.05, 0.1) is 6.61 Å². The molecule has 0 atom stereocenters. The van der Waals surface area contributed by atoms with Gasteiger partial charge >= 0.3 is 6.15 Å². The van der Waals surface area contributed by atoms with Gasteiger partial charge in [-0.15, -0.1) is 0 Å². The molecule has 0 saturated heterocycles. The Morgan fingerprint density at radius 3 is 2.08 bits per heavy atom. The largest absolute Gasteiger partial charge is 0.380 e. The van der Waals surface area contributed by atoms with Crippen LogP contribution in [0.4, 0.5) is 0 Å². The number of hydrogen-bond donors (Lipinski definition) is 0. The van der Waals surface area contributed by atoms with E-state index in [1.54, 1.807) is 7.11 Å². The third-order valence-electron chi connectivity index (χ3n) is 1.43. The summed E-state index contributed by atoms with van der Waals surface area (Å²) in [5.41, 5.74) is 2.52. The molecule has 0 fully saturated rings. The fourth-order valence-electron chi connectivity index (χ4n) is 0.851. The average Bonchev–Trinajstić information content (AvgIpc) is 2.11. The highest BCUT2D eigenvalue weighted by Crippen LogP contribution is 2.03. The fourth-order valence-corrected chi connectivity index (χ4v) is 0.851. The van der Waals surface area contributed by atoms with Crippen molar-refractivity contribution in [3.8, 4) is 0 Å². The van der Waals surface area contributed by atoms with Crippen LogP contribution in [-0.4, -0.2) is 13.3 Å². The van der Waals surface area contributed by atoms with Crippen LogP contribution in [0.5, 0.6) is 0 Å². The van der Waals surface area contributed by atoms with Gasteiger partial charge in [-0.25, -0.2) is 0 Å². The van der Waals surface area contributed by atoms with E-state index in [1.165, 1.54) is 11.1 Å². The van der Waals surface area contributed by atoms with Crippen LogP contribution in [0.1, 0.15) is 11.1 Å². The number of methoxy groups -OCH3 is 1. The van der Waals surface area contributed by atoms with Crippen molar-refractivity contribution in [2.45, 2.75) is 13.5 Å². The van der Waals surface area contributed by atoms with Crippen LogP contribution in [0.3, 0.4) is 0 Å². The summed E-state index contributed by atoms with van der Waals surface area (Å²) >= 11 is 0. The van der Waals surface area contributed by atoms with Crippen molar-refractivity contribution in [1.82, 2.24) is 0 Å². The van der Waals surface area contributed by atoms with E-state index in [9.17, 15) is 0 Å². The van der Waals surface area contributed by atoms with Crippen LogP contribution < -0.4 is 0 Å². The number of rotatable bonds is 2. The predicted molar refractivity (Wildman–Crippen MR) is 46.9 cm³/mol. The summed E-state index contributed by atoms with van der Waals surface area (Å²) in [5.74, 6) is 0. The molecule has 1 aromatic carbocycles. The maximum atomic E-state index is 8.12. The Kier molecular flexibility index (Phi) is 6.42. The molecule has 0 aliphatic heterocycles. The highest BCUT2D eigenvalue weighted by atomic mass is 16.5. The number of aryl methyl sites for hydroxylation is 1. The highest BCUT2D eigenvalue weighted by Gasteiger charge is 1.88. The van der Waals surface area contributed by atoms with E-state index >= 15 is 0 Å². The zero-order chi connectivity index (χ0) is 10.1. The minimum atomic E-state index is 0.250. The van der Waals surface area contributed by atoms with Crippen molar-refractivity contribution in [1.29, 1.82) is 0 Å². The lowest BCUT2D eigenvalue weighted by atomic mass is 10.2. The summed E-state index contributed by atoms with van der Waals surface area (Å²) in [6, 6.07) is 8.35. The molecule has 0 N–H and O–H groups in total. The predicted octanol–water partition coefficient (Wildman–Crippen LogP) is 1.56. The van der Waals surface area contributed by atoms with Crippen LogP contribution in [-0.2, 0) is 20.9 Å². The van der Waals surface area contributed by atoms with Gasteiger partial charge < -0.3 is 4.74 Å². The Morgan fingerprint density at radius 1 is 1.23 bits per heavy atom. The van der Waals surface area contributed by atoms with E-state index < -0.39 is 0 Å². The molecule has 0 spiro atoms. The maximum Gasteiger partial charge on any atom is 0.373 e. The molecule has 70 valence electrons. The van der Waals surface area contributed by atoms with Gasteiger partial charge in [-0.2, -0.15) is 9.59 Å².